The Bertz CT molecular complexity index is 778. The molecule has 3 heterocycles. The Morgan fingerprint density at radius 1 is 1.21 bits per heavy atom. The van der Waals surface area contributed by atoms with E-state index < -0.39 is 0 Å². The Labute approximate surface area is 167 Å². The number of morpholine rings is 1. The molecule has 1 N–H and O–H groups in total. The van der Waals surface area contributed by atoms with Gasteiger partial charge in [0.1, 0.15) is 5.56 Å². The SMILES string of the molecule is CC(C)CN1CCOC2(CCN(C(=O)c3cc4c([nH]c3=O)CCCC4)CC2)C1. The van der Waals surface area contributed by atoms with Crippen LogP contribution >= 0.6 is 0 Å². The third kappa shape index (κ3) is 4.03. The van der Waals surface area contributed by atoms with E-state index in [0.717, 1.165) is 76.0 Å². The van der Waals surface area contributed by atoms with Gasteiger partial charge in [0.05, 0.1) is 12.2 Å². The Morgan fingerprint density at radius 3 is 2.71 bits per heavy atom. The number of nitrogens with zero attached hydrogens (tertiary/aromatic N) is 2. The number of aromatic amines is 1. The fourth-order valence-electron chi connectivity index (χ4n) is 5.02. The third-order valence-electron chi connectivity index (χ3n) is 6.48. The van der Waals surface area contributed by atoms with Gasteiger partial charge in [0, 0.05) is 38.4 Å². The van der Waals surface area contributed by atoms with Crippen molar-refractivity contribution >= 4 is 5.91 Å². The van der Waals surface area contributed by atoms with Crippen LogP contribution in [0.25, 0.3) is 0 Å². The number of amides is 1. The van der Waals surface area contributed by atoms with Crippen LogP contribution in [0.2, 0.25) is 0 Å². The Morgan fingerprint density at radius 2 is 1.96 bits per heavy atom. The van der Waals surface area contributed by atoms with Crippen molar-refractivity contribution in [2.75, 3.05) is 39.3 Å². The molecule has 4 rings (SSSR count). The number of aromatic nitrogens is 1. The molecule has 0 aromatic carbocycles. The van der Waals surface area contributed by atoms with Crippen molar-refractivity contribution in [2.45, 2.75) is 58.0 Å². The fraction of sp³-hybridized carbons (Fsp3) is 0.727. The number of fused-ring (bicyclic) bond motifs is 1. The highest BCUT2D eigenvalue weighted by Gasteiger charge is 2.41. The molecule has 2 fully saturated rings. The van der Waals surface area contributed by atoms with Gasteiger partial charge in [-0.3, -0.25) is 14.5 Å². The lowest BCUT2D eigenvalue weighted by atomic mass is 9.88. The monoisotopic (exact) mass is 387 g/mol. The van der Waals surface area contributed by atoms with Crippen molar-refractivity contribution in [1.82, 2.24) is 14.8 Å². The quantitative estimate of drug-likeness (QED) is 0.864. The lowest BCUT2D eigenvalue weighted by molar-refractivity contribution is -0.133. The second kappa shape index (κ2) is 7.99. The number of hydrogen-bond acceptors (Lipinski definition) is 4. The van der Waals surface area contributed by atoms with E-state index in [2.05, 4.69) is 23.7 Å². The van der Waals surface area contributed by atoms with Crippen LogP contribution in [0, 0.1) is 5.92 Å². The first-order chi connectivity index (χ1) is 13.5. The number of pyridine rings is 1. The van der Waals surface area contributed by atoms with Gasteiger partial charge in [-0.05, 0) is 56.1 Å². The molecular formula is C22H33N3O3. The number of carbonyl (C=O) groups excluding carboxylic acids is 1. The summed E-state index contributed by atoms with van der Waals surface area (Å²) < 4.78 is 6.20. The summed E-state index contributed by atoms with van der Waals surface area (Å²) in [6.45, 7) is 9.62. The zero-order chi connectivity index (χ0) is 19.7. The minimum Gasteiger partial charge on any atom is -0.372 e. The number of H-pyrrole nitrogens is 1. The van der Waals surface area contributed by atoms with Gasteiger partial charge in [-0.15, -0.1) is 0 Å². The number of nitrogens with one attached hydrogen (secondary N) is 1. The second-order valence-electron chi connectivity index (χ2n) is 9.18. The number of rotatable bonds is 3. The van der Waals surface area contributed by atoms with E-state index in [-0.39, 0.29) is 17.1 Å². The van der Waals surface area contributed by atoms with Crippen LogP contribution in [-0.2, 0) is 17.6 Å². The van der Waals surface area contributed by atoms with Crippen molar-refractivity contribution < 1.29 is 9.53 Å². The zero-order valence-electron chi connectivity index (χ0n) is 17.3. The van der Waals surface area contributed by atoms with Gasteiger partial charge in [0.25, 0.3) is 11.5 Å². The molecule has 1 aromatic heterocycles. The maximum absolute atomic E-state index is 13.0. The van der Waals surface area contributed by atoms with E-state index in [9.17, 15) is 9.59 Å². The molecular weight excluding hydrogens is 354 g/mol. The summed E-state index contributed by atoms with van der Waals surface area (Å²) in [5.41, 5.74) is 2.10. The van der Waals surface area contributed by atoms with Gasteiger partial charge in [-0.2, -0.15) is 0 Å². The minimum absolute atomic E-state index is 0.126. The molecule has 1 spiro atoms. The molecule has 0 radical (unpaired) electrons. The van der Waals surface area contributed by atoms with Gasteiger partial charge in [0.15, 0.2) is 0 Å². The molecule has 28 heavy (non-hydrogen) atoms. The highest BCUT2D eigenvalue weighted by molar-refractivity contribution is 5.94. The summed E-state index contributed by atoms with van der Waals surface area (Å²) >= 11 is 0. The minimum atomic E-state index is -0.233. The van der Waals surface area contributed by atoms with Crippen molar-refractivity contribution in [3.05, 3.63) is 33.2 Å². The van der Waals surface area contributed by atoms with Crippen LogP contribution in [-0.4, -0.2) is 65.6 Å². The maximum atomic E-state index is 13.0. The molecule has 0 atom stereocenters. The number of carbonyl (C=O) groups is 1. The fourth-order valence-corrected chi connectivity index (χ4v) is 5.02. The molecule has 6 nitrogen and oxygen atoms in total. The van der Waals surface area contributed by atoms with Crippen LogP contribution < -0.4 is 5.56 Å². The van der Waals surface area contributed by atoms with E-state index >= 15 is 0 Å². The molecule has 0 saturated carbocycles. The molecule has 2 aliphatic heterocycles. The van der Waals surface area contributed by atoms with E-state index in [1.165, 1.54) is 0 Å². The van der Waals surface area contributed by atoms with Crippen molar-refractivity contribution in [3.8, 4) is 0 Å². The predicted octanol–water partition coefficient (Wildman–Crippen LogP) is 2.22. The number of hydrogen-bond donors (Lipinski definition) is 1. The molecule has 1 amide bonds. The number of likely N-dealkylation sites (tertiary alicyclic amines) is 1. The summed E-state index contributed by atoms with van der Waals surface area (Å²) in [6.07, 6.45) is 5.79. The maximum Gasteiger partial charge on any atom is 0.261 e. The third-order valence-corrected chi connectivity index (χ3v) is 6.48. The summed E-state index contributed by atoms with van der Waals surface area (Å²) in [7, 11) is 0. The molecule has 0 bridgehead atoms. The predicted molar refractivity (Wildman–Crippen MR) is 109 cm³/mol. The standard InChI is InChI=1S/C22H33N3O3/c1-16(2)14-24-11-12-28-22(15-24)7-9-25(10-8-22)21(27)18-13-17-5-3-4-6-19(17)23-20(18)26/h13,16H,3-12,14-15H2,1-2H3,(H,23,26). The zero-order valence-corrected chi connectivity index (χ0v) is 17.3. The van der Waals surface area contributed by atoms with Crippen LogP contribution in [0.4, 0.5) is 0 Å². The van der Waals surface area contributed by atoms with Gasteiger partial charge in [-0.1, -0.05) is 13.8 Å². The summed E-state index contributed by atoms with van der Waals surface area (Å²) in [5, 5.41) is 0. The van der Waals surface area contributed by atoms with Gasteiger partial charge in [-0.25, -0.2) is 0 Å². The van der Waals surface area contributed by atoms with Gasteiger partial charge >= 0.3 is 0 Å². The average molecular weight is 388 g/mol. The summed E-state index contributed by atoms with van der Waals surface area (Å²) in [4.78, 5) is 32.8. The van der Waals surface area contributed by atoms with E-state index in [4.69, 9.17) is 4.74 Å². The first-order valence-electron chi connectivity index (χ1n) is 10.9. The van der Waals surface area contributed by atoms with Crippen LogP contribution in [0.3, 0.4) is 0 Å². The van der Waals surface area contributed by atoms with Crippen molar-refractivity contribution in [2.24, 2.45) is 5.92 Å². The Kier molecular flexibility index (Phi) is 5.61. The Balaban J connectivity index is 1.42. The van der Waals surface area contributed by atoms with E-state index in [1.807, 2.05) is 11.0 Å². The largest absolute Gasteiger partial charge is 0.372 e. The highest BCUT2D eigenvalue weighted by Crippen LogP contribution is 2.31. The summed E-state index contributed by atoms with van der Waals surface area (Å²) in [6, 6.07) is 1.85. The lowest BCUT2D eigenvalue weighted by Crippen LogP contribution is -2.58. The molecule has 6 heteroatoms. The number of ether oxygens (including phenoxy) is 1. The molecule has 1 aliphatic carbocycles. The molecule has 0 unspecified atom stereocenters. The Hall–Kier alpha value is -1.66. The molecule has 154 valence electrons. The molecule has 2 saturated heterocycles. The normalized spacial score (nSPS) is 22.5. The van der Waals surface area contributed by atoms with Crippen LogP contribution in [0.15, 0.2) is 10.9 Å². The molecule has 1 aromatic rings. The van der Waals surface area contributed by atoms with Gasteiger partial charge < -0.3 is 14.6 Å². The topological polar surface area (TPSA) is 65.6 Å². The van der Waals surface area contributed by atoms with Crippen molar-refractivity contribution in [1.29, 1.82) is 0 Å². The summed E-state index contributed by atoms with van der Waals surface area (Å²) in [5.74, 6) is 0.520. The second-order valence-corrected chi connectivity index (χ2v) is 9.18. The first-order valence-corrected chi connectivity index (χ1v) is 10.9. The smallest absolute Gasteiger partial charge is 0.261 e. The van der Waals surface area contributed by atoms with Crippen LogP contribution in [0.5, 0.6) is 0 Å². The van der Waals surface area contributed by atoms with Crippen molar-refractivity contribution in [3.63, 3.8) is 0 Å². The highest BCUT2D eigenvalue weighted by atomic mass is 16.5. The number of piperidine rings is 1. The van der Waals surface area contributed by atoms with Crippen LogP contribution in [0.1, 0.15) is 61.1 Å². The van der Waals surface area contributed by atoms with E-state index in [0.29, 0.717) is 24.6 Å². The average Bonchev–Trinajstić information content (AvgIpc) is 2.67. The number of aryl methyl sites for hydroxylation is 2. The van der Waals surface area contributed by atoms with Gasteiger partial charge in [0.2, 0.25) is 0 Å². The first kappa shape index (κ1) is 19.6. The van der Waals surface area contributed by atoms with E-state index in [1.54, 1.807) is 0 Å². The molecule has 3 aliphatic rings. The lowest BCUT2D eigenvalue weighted by Gasteiger charge is -2.47.